The van der Waals surface area contributed by atoms with Gasteiger partial charge in [-0.15, -0.1) is 11.3 Å². The first-order valence-corrected chi connectivity index (χ1v) is 11.8. The van der Waals surface area contributed by atoms with Crippen LogP contribution >= 0.6 is 11.3 Å². The van der Waals surface area contributed by atoms with Crippen LogP contribution in [0.25, 0.3) is 10.2 Å². The first-order chi connectivity index (χ1) is 13.8. The van der Waals surface area contributed by atoms with Crippen molar-refractivity contribution in [2.24, 2.45) is 0 Å². The van der Waals surface area contributed by atoms with Crippen molar-refractivity contribution in [3.63, 3.8) is 0 Å². The number of hydrogen-bond acceptors (Lipinski definition) is 7. The summed E-state index contributed by atoms with van der Waals surface area (Å²) >= 11 is 1.17. The highest BCUT2D eigenvalue weighted by Gasteiger charge is 2.32. The number of morpholine rings is 1. The van der Waals surface area contributed by atoms with Crippen LogP contribution in [-0.2, 0) is 26.1 Å². The molecule has 0 radical (unpaired) electrons. The smallest absolute Gasteiger partial charge is 0.263 e. The molecule has 3 rings (SSSR count). The molecule has 0 bridgehead atoms. The van der Waals surface area contributed by atoms with Gasteiger partial charge in [0, 0.05) is 31.6 Å². The summed E-state index contributed by atoms with van der Waals surface area (Å²) in [6, 6.07) is 0. The van der Waals surface area contributed by atoms with E-state index in [0.717, 1.165) is 12.8 Å². The highest BCUT2D eigenvalue weighted by Crippen LogP contribution is 2.33. The monoisotopic (exact) mass is 442 g/mol. The number of carbonyl (C=O) groups excluding carboxylic acids is 1. The molecule has 0 atom stereocenters. The summed E-state index contributed by atoms with van der Waals surface area (Å²) in [6.07, 6.45) is 3.15. The largest absolute Gasteiger partial charge is 0.379 e. The molecule has 1 fully saturated rings. The molecule has 0 spiro atoms. The van der Waals surface area contributed by atoms with Gasteiger partial charge in [0.05, 0.1) is 24.9 Å². The van der Waals surface area contributed by atoms with E-state index in [0.29, 0.717) is 29.5 Å². The predicted octanol–water partition coefficient (Wildman–Crippen LogP) is 1.05. The van der Waals surface area contributed by atoms with Gasteiger partial charge in [-0.3, -0.25) is 14.2 Å². The van der Waals surface area contributed by atoms with Crippen molar-refractivity contribution in [3.8, 4) is 0 Å². The van der Waals surface area contributed by atoms with Gasteiger partial charge in [-0.2, -0.15) is 4.31 Å². The summed E-state index contributed by atoms with van der Waals surface area (Å²) in [6.45, 7) is 5.27. The third-order valence-electron chi connectivity index (χ3n) is 4.95. The van der Waals surface area contributed by atoms with Crippen molar-refractivity contribution in [2.45, 2.75) is 38.1 Å². The van der Waals surface area contributed by atoms with E-state index in [9.17, 15) is 18.0 Å². The second kappa shape index (κ2) is 8.90. The Morgan fingerprint density at radius 2 is 2.03 bits per heavy atom. The lowest BCUT2D eigenvalue weighted by Crippen LogP contribution is -2.41. The Morgan fingerprint density at radius 1 is 1.34 bits per heavy atom. The molecular weight excluding hydrogens is 416 g/mol. The predicted molar refractivity (Wildman–Crippen MR) is 111 cm³/mol. The molecule has 1 amide bonds. The van der Waals surface area contributed by atoms with E-state index in [4.69, 9.17) is 4.74 Å². The first-order valence-electron chi connectivity index (χ1n) is 9.57. The maximum absolute atomic E-state index is 13.2. The summed E-state index contributed by atoms with van der Waals surface area (Å²) in [4.78, 5) is 32.3. The molecule has 2 aromatic heterocycles. The van der Waals surface area contributed by atoms with E-state index in [2.05, 4.69) is 4.98 Å². The summed E-state index contributed by atoms with van der Waals surface area (Å²) in [5, 5.41) is 0.0607. The van der Waals surface area contributed by atoms with Crippen LogP contribution in [0.4, 0.5) is 0 Å². The number of rotatable bonds is 7. The van der Waals surface area contributed by atoms with Gasteiger partial charge in [0.2, 0.25) is 15.9 Å². The fraction of sp³-hybridized carbons (Fsp3) is 0.611. The number of amides is 1. The van der Waals surface area contributed by atoms with Gasteiger partial charge in [0.1, 0.15) is 16.3 Å². The molecule has 29 heavy (non-hydrogen) atoms. The number of sulfonamides is 1. The zero-order valence-corrected chi connectivity index (χ0v) is 18.5. The maximum Gasteiger partial charge on any atom is 0.263 e. The van der Waals surface area contributed by atoms with E-state index < -0.39 is 15.6 Å². The third-order valence-corrected chi connectivity index (χ3v) is 8.16. The molecule has 0 saturated carbocycles. The summed E-state index contributed by atoms with van der Waals surface area (Å²) < 4.78 is 34.2. The number of ether oxygens (including phenoxy) is 1. The molecule has 160 valence electrons. The average molecular weight is 443 g/mol. The zero-order chi connectivity index (χ0) is 21.2. The molecule has 1 saturated heterocycles. The molecule has 1 aliphatic rings. The van der Waals surface area contributed by atoms with Crippen molar-refractivity contribution in [2.75, 3.05) is 39.9 Å². The van der Waals surface area contributed by atoms with E-state index >= 15 is 0 Å². The van der Waals surface area contributed by atoms with Crippen LogP contribution in [0.15, 0.2) is 16.0 Å². The van der Waals surface area contributed by atoms with E-state index in [-0.39, 0.29) is 35.8 Å². The quantitative estimate of drug-likeness (QED) is 0.635. The van der Waals surface area contributed by atoms with Gasteiger partial charge < -0.3 is 9.64 Å². The Bertz CT molecular complexity index is 1050. The van der Waals surface area contributed by atoms with Gasteiger partial charge in [0.25, 0.3) is 5.56 Å². The highest BCUT2D eigenvalue weighted by atomic mass is 32.2. The van der Waals surface area contributed by atoms with Crippen LogP contribution in [0.2, 0.25) is 0 Å². The first kappa shape index (κ1) is 21.9. The Hall–Kier alpha value is -1.82. The molecule has 0 aromatic carbocycles. The highest BCUT2D eigenvalue weighted by molar-refractivity contribution is 7.89. The third kappa shape index (κ3) is 4.37. The van der Waals surface area contributed by atoms with E-state index in [1.807, 2.05) is 6.92 Å². The molecule has 0 aliphatic carbocycles. The Kier molecular flexibility index (Phi) is 6.72. The van der Waals surface area contributed by atoms with Gasteiger partial charge >= 0.3 is 0 Å². The molecule has 1 aliphatic heterocycles. The minimum absolute atomic E-state index is 0.00182. The second-order valence-electron chi connectivity index (χ2n) is 7.03. The SMILES string of the molecule is CCCCN(C)C(=O)Cn1cnc2sc(C)c(S(=O)(=O)N3CCOCC3)c2c1=O. The van der Waals surface area contributed by atoms with Gasteiger partial charge in [-0.05, 0) is 13.3 Å². The number of aryl methyl sites for hydroxylation is 1. The van der Waals surface area contributed by atoms with Gasteiger partial charge in [0.15, 0.2) is 0 Å². The van der Waals surface area contributed by atoms with Gasteiger partial charge in [-0.1, -0.05) is 13.3 Å². The normalized spacial score (nSPS) is 15.7. The van der Waals surface area contributed by atoms with E-state index in [1.54, 1.807) is 18.9 Å². The number of nitrogens with zero attached hydrogens (tertiary/aromatic N) is 4. The summed E-state index contributed by atoms with van der Waals surface area (Å²) in [7, 11) is -2.16. The molecule has 2 aromatic rings. The molecule has 0 unspecified atom stereocenters. The number of hydrogen-bond donors (Lipinski definition) is 0. The molecule has 3 heterocycles. The molecular formula is C18H26N4O5S2. The number of aromatic nitrogens is 2. The van der Waals surface area contributed by atoms with Crippen LogP contribution in [-0.4, -0.2) is 73.0 Å². The average Bonchev–Trinajstić information content (AvgIpc) is 3.06. The van der Waals surface area contributed by atoms with Crippen LogP contribution in [0.3, 0.4) is 0 Å². The minimum atomic E-state index is -3.86. The number of likely N-dealkylation sites (N-methyl/N-ethyl adjacent to an activating group) is 1. The standard InChI is InChI=1S/C18H26N4O5S2/c1-4-5-6-20(3)14(23)11-21-12-19-17-15(18(21)24)16(13(2)28-17)29(25,26)22-7-9-27-10-8-22/h12H,4-11H2,1-3H3. The zero-order valence-electron chi connectivity index (χ0n) is 16.9. The lowest BCUT2D eigenvalue weighted by molar-refractivity contribution is -0.130. The maximum atomic E-state index is 13.2. The molecule has 9 nitrogen and oxygen atoms in total. The van der Waals surface area contributed by atoms with Crippen LogP contribution in [0.1, 0.15) is 24.6 Å². The fourth-order valence-corrected chi connectivity index (χ4v) is 6.31. The fourth-order valence-electron chi connectivity index (χ4n) is 3.24. The molecule has 11 heteroatoms. The van der Waals surface area contributed by atoms with Crippen molar-refractivity contribution >= 4 is 37.5 Å². The van der Waals surface area contributed by atoms with Gasteiger partial charge in [-0.25, -0.2) is 13.4 Å². The van der Waals surface area contributed by atoms with Crippen molar-refractivity contribution < 1.29 is 17.9 Å². The number of fused-ring (bicyclic) bond motifs is 1. The second-order valence-corrected chi connectivity index (χ2v) is 10.1. The number of thiophene rings is 1. The van der Waals surface area contributed by atoms with Crippen molar-refractivity contribution in [1.29, 1.82) is 0 Å². The van der Waals surface area contributed by atoms with Crippen molar-refractivity contribution in [1.82, 2.24) is 18.8 Å². The van der Waals surface area contributed by atoms with Crippen LogP contribution in [0.5, 0.6) is 0 Å². The Labute approximate surface area is 173 Å². The Morgan fingerprint density at radius 3 is 2.69 bits per heavy atom. The van der Waals surface area contributed by atoms with Crippen molar-refractivity contribution in [3.05, 3.63) is 21.6 Å². The van der Waals surface area contributed by atoms with Crippen LogP contribution in [0, 0.1) is 6.92 Å². The summed E-state index contributed by atoms with van der Waals surface area (Å²) in [5.41, 5.74) is -0.511. The topological polar surface area (TPSA) is 102 Å². The van der Waals surface area contributed by atoms with E-state index in [1.165, 1.54) is 26.5 Å². The minimum Gasteiger partial charge on any atom is -0.379 e. The Balaban J connectivity index is 2.01. The lowest BCUT2D eigenvalue weighted by atomic mass is 10.3. The molecule has 0 N–H and O–H groups in total. The number of unbranched alkanes of at least 4 members (excludes halogenated alkanes) is 1. The van der Waals surface area contributed by atoms with Crippen LogP contribution < -0.4 is 5.56 Å². The summed E-state index contributed by atoms with van der Waals surface area (Å²) in [5.74, 6) is -0.216. The lowest BCUT2D eigenvalue weighted by Gasteiger charge is -2.26. The number of carbonyl (C=O) groups is 1.